The molecule has 0 amide bonds. The van der Waals surface area contributed by atoms with Crippen LogP contribution in [0.25, 0.3) is 0 Å². The van der Waals surface area contributed by atoms with Crippen LogP contribution in [0, 0.1) is 0 Å². The number of rotatable bonds is 7. The molecule has 0 aliphatic rings. The van der Waals surface area contributed by atoms with Gasteiger partial charge in [-0.3, -0.25) is 0 Å². The lowest BCUT2D eigenvalue weighted by Crippen LogP contribution is -2.05. The van der Waals surface area contributed by atoms with Crippen molar-refractivity contribution in [3.05, 3.63) is 0 Å². The SMILES string of the molecule is COOOOOOOS(C)(=O)=O. The van der Waals surface area contributed by atoms with Gasteiger partial charge in [-0.2, -0.15) is 8.42 Å². The van der Waals surface area contributed by atoms with Crippen molar-refractivity contribution < 1.29 is 42.8 Å². The zero-order valence-corrected chi connectivity index (χ0v) is 6.90. The number of hydrogen-bond donors (Lipinski definition) is 0. The average Bonchev–Trinajstić information content (AvgIpc) is 1.94. The van der Waals surface area contributed by atoms with Crippen LogP contribution in [0.2, 0.25) is 0 Å². The summed E-state index contributed by atoms with van der Waals surface area (Å²) in [6, 6.07) is 0. The Kier molecular flexibility index (Phi) is 6.04. The Morgan fingerprint density at radius 3 is 1.92 bits per heavy atom. The van der Waals surface area contributed by atoms with Gasteiger partial charge in [0.15, 0.2) is 0 Å². The Morgan fingerprint density at radius 2 is 1.42 bits per heavy atom. The molecule has 0 aromatic rings. The Hall–Kier alpha value is -0.330. The maximum Gasteiger partial charge on any atom is 0.293 e. The maximum absolute atomic E-state index is 10.1. The van der Waals surface area contributed by atoms with Gasteiger partial charge in [-0.1, -0.05) is 4.33 Å². The molecular formula is C2H6O9S. The predicted molar refractivity (Wildman–Crippen MR) is 28.4 cm³/mol. The molecule has 12 heavy (non-hydrogen) atoms. The van der Waals surface area contributed by atoms with Crippen LogP contribution < -0.4 is 0 Å². The molecule has 0 unspecified atom stereocenters. The van der Waals surface area contributed by atoms with E-state index in [1.165, 1.54) is 0 Å². The van der Waals surface area contributed by atoms with E-state index in [1.54, 1.807) is 0 Å². The molecule has 9 nitrogen and oxygen atoms in total. The summed E-state index contributed by atoms with van der Waals surface area (Å²) in [5, 5.41) is 17.7. The minimum Gasteiger partial charge on any atom is -0.207 e. The molecule has 74 valence electrons. The molecule has 0 aromatic carbocycles. The fourth-order valence-corrected chi connectivity index (χ4v) is 0.247. The van der Waals surface area contributed by atoms with Gasteiger partial charge in [0, 0.05) is 0 Å². The quantitative estimate of drug-likeness (QED) is 0.300. The van der Waals surface area contributed by atoms with Crippen LogP contribution in [0.15, 0.2) is 0 Å². The van der Waals surface area contributed by atoms with Crippen molar-refractivity contribution in [2.24, 2.45) is 0 Å². The Balaban J connectivity index is 3.12. The van der Waals surface area contributed by atoms with Crippen molar-refractivity contribution in [2.75, 3.05) is 13.4 Å². The van der Waals surface area contributed by atoms with Gasteiger partial charge in [0.2, 0.25) is 0 Å². The van der Waals surface area contributed by atoms with Crippen LogP contribution in [0.1, 0.15) is 0 Å². The van der Waals surface area contributed by atoms with E-state index in [1.807, 2.05) is 0 Å². The second-order valence-corrected chi connectivity index (χ2v) is 2.82. The molecule has 10 heteroatoms. The van der Waals surface area contributed by atoms with Crippen molar-refractivity contribution in [3.8, 4) is 0 Å². The third-order valence-corrected chi connectivity index (χ3v) is 0.633. The van der Waals surface area contributed by atoms with Crippen LogP contribution in [0.4, 0.5) is 0 Å². The van der Waals surface area contributed by atoms with Crippen LogP contribution in [-0.4, -0.2) is 21.8 Å². The number of hydrogen-bond acceptors (Lipinski definition) is 9. The van der Waals surface area contributed by atoms with Gasteiger partial charge >= 0.3 is 0 Å². The highest BCUT2D eigenvalue weighted by atomic mass is 32.2. The first-order valence-electron chi connectivity index (χ1n) is 2.32. The Labute approximate surface area is 67.3 Å². The summed E-state index contributed by atoms with van der Waals surface area (Å²) in [4.78, 5) is 3.85. The van der Waals surface area contributed by atoms with Crippen LogP contribution in [-0.2, 0) is 44.5 Å². The highest BCUT2D eigenvalue weighted by Gasteiger charge is 2.03. The predicted octanol–water partition coefficient (Wildman–Crippen LogP) is -0.818. The summed E-state index contributed by atoms with van der Waals surface area (Å²) >= 11 is 0. The molecule has 0 N–H and O–H groups in total. The third-order valence-electron chi connectivity index (χ3n) is 0.331. The normalized spacial score (nSPS) is 11.8. The second kappa shape index (κ2) is 6.22. The standard InChI is InChI=1S/C2H6O9S/c1-5-6-7-8-9-10-11-12(2,3)4/h1-2H3. The van der Waals surface area contributed by atoms with Gasteiger partial charge in [0.1, 0.15) is 0 Å². The Morgan fingerprint density at radius 1 is 0.917 bits per heavy atom. The minimum absolute atomic E-state index is 0.725. The van der Waals surface area contributed by atoms with Crippen molar-refractivity contribution >= 4 is 10.1 Å². The van der Waals surface area contributed by atoms with Gasteiger partial charge < -0.3 is 0 Å². The molecule has 0 aromatic heterocycles. The average molecular weight is 206 g/mol. The summed E-state index contributed by atoms with van der Waals surface area (Å²) in [5.41, 5.74) is 0. The second-order valence-electron chi connectivity index (χ2n) is 1.28. The molecule has 0 radical (unpaired) electrons. The van der Waals surface area contributed by atoms with E-state index >= 15 is 0 Å². The van der Waals surface area contributed by atoms with E-state index in [0.29, 0.717) is 0 Å². The monoisotopic (exact) mass is 206 g/mol. The lowest BCUT2D eigenvalue weighted by atomic mass is 11.8. The summed E-state index contributed by atoms with van der Waals surface area (Å²) in [6.45, 7) is 0. The van der Waals surface area contributed by atoms with Crippen molar-refractivity contribution in [1.29, 1.82) is 0 Å². The van der Waals surface area contributed by atoms with Gasteiger partial charge in [-0.15, -0.1) is 0 Å². The van der Waals surface area contributed by atoms with Gasteiger partial charge in [-0.05, 0) is 25.2 Å². The molecule has 0 rings (SSSR count). The molecule has 0 bridgehead atoms. The fraction of sp³-hybridized carbons (Fsp3) is 1.00. The smallest absolute Gasteiger partial charge is 0.207 e. The summed E-state index contributed by atoms with van der Waals surface area (Å²) in [5.74, 6) is 0. The summed E-state index contributed by atoms with van der Waals surface area (Å²) in [6.07, 6.45) is 0.725. The van der Waals surface area contributed by atoms with E-state index in [-0.39, 0.29) is 0 Å². The van der Waals surface area contributed by atoms with E-state index in [0.717, 1.165) is 13.4 Å². The van der Waals surface area contributed by atoms with E-state index < -0.39 is 10.1 Å². The molecule has 0 aliphatic heterocycles. The Bertz CT molecular complexity index is 183. The first-order chi connectivity index (χ1) is 5.56. The minimum atomic E-state index is -3.77. The molecule has 0 saturated carbocycles. The first kappa shape index (κ1) is 11.7. The van der Waals surface area contributed by atoms with Crippen molar-refractivity contribution in [3.63, 3.8) is 0 Å². The molecule has 0 heterocycles. The topological polar surface area (TPSA) is 98.8 Å². The van der Waals surface area contributed by atoms with Crippen molar-refractivity contribution in [2.45, 2.75) is 0 Å². The molecule has 0 aliphatic carbocycles. The largest absolute Gasteiger partial charge is 0.293 e. The van der Waals surface area contributed by atoms with Gasteiger partial charge in [0.25, 0.3) is 10.1 Å². The zero-order chi connectivity index (χ0) is 9.45. The summed E-state index contributed by atoms with van der Waals surface area (Å²) in [7, 11) is -2.65. The highest BCUT2D eigenvalue weighted by molar-refractivity contribution is 7.85. The molecule has 0 saturated heterocycles. The first-order valence-corrected chi connectivity index (χ1v) is 4.13. The van der Waals surface area contributed by atoms with Crippen LogP contribution in [0.3, 0.4) is 0 Å². The molecule has 0 fully saturated rings. The molecular weight excluding hydrogens is 200 g/mol. The van der Waals surface area contributed by atoms with E-state index in [2.05, 4.69) is 34.4 Å². The van der Waals surface area contributed by atoms with Gasteiger partial charge in [0.05, 0.1) is 13.4 Å². The highest BCUT2D eigenvalue weighted by Crippen LogP contribution is 1.91. The lowest BCUT2D eigenvalue weighted by molar-refractivity contribution is -0.780. The maximum atomic E-state index is 10.1. The fourth-order valence-electron chi connectivity index (χ4n) is 0.124. The van der Waals surface area contributed by atoms with Crippen molar-refractivity contribution in [1.82, 2.24) is 0 Å². The van der Waals surface area contributed by atoms with Crippen LogP contribution in [0.5, 0.6) is 0 Å². The molecule has 0 spiro atoms. The lowest BCUT2D eigenvalue weighted by Gasteiger charge is -1.96. The molecule has 0 atom stereocenters. The van der Waals surface area contributed by atoms with E-state index in [9.17, 15) is 8.42 Å². The van der Waals surface area contributed by atoms with Crippen LogP contribution >= 0.6 is 0 Å². The summed E-state index contributed by atoms with van der Waals surface area (Å²) < 4.78 is 23.8. The zero-order valence-electron chi connectivity index (χ0n) is 6.08. The van der Waals surface area contributed by atoms with Gasteiger partial charge in [-0.25, -0.2) is 4.89 Å². The third kappa shape index (κ3) is 9.67. The van der Waals surface area contributed by atoms with E-state index in [4.69, 9.17) is 0 Å².